The standard InChI is InChI=1S/C4H8O3S/c1-3-4-7-8(2,5)6/h3-4H,1-2H3. The predicted octanol–water partition coefficient (Wildman–Crippen LogP) is 0.496. The van der Waals surface area contributed by atoms with Gasteiger partial charge in [-0.3, -0.25) is 0 Å². The van der Waals surface area contributed by atoms with Crippen LogP contribution in [0.25, 0.3) is 0 Å². The van der Waals surface area contributed by atoms with Gasteiger partial charge in [-0.15, -0.1) is 0 Å². The fourth-order valence-corrected chi connectivity index (χ4v) is 0.469. The molecule has 0 aromatic heterocycles. The minimum atomic E-state index is -3.27. The Hall–Kier alpha value is -0.510. The van der Waals surface area contributed by atoms with Crippen molar-refractivity contribution in [2.75, 3.05) is 6.26 Å². The summed E-state index contributed by atoms with van der Waals surface area (Å²) >= 11 is 0. The van der Waals surface area contributed by atoms with Crippen LogP contribution in [0.5, 0.6) is 0 Å². The second-order valence-electron chi connectivity index (χ2n) is 1.27. The van der Waals surface area contributed by atoms with Gasteiger partial charge in [0.15, 0.2) is 0 Å². The largest absolute Gasteiger partial charge is 0.391 e. The van der Waals surface area contributed by atoms with Gasteiger partial charge in [0, 0.05) is 0 Å². The van der Waals surface area contributed by atoms with Crippen LogP contribution in [0.1, 0.15) is 6.92 Å². The summed E-state index contributed by atoms with van der Waals surface area (Å²) in [5.74, 6) is 0. The van der Waals surface area contributed by atoms with E-state index in [1.54, 1.807) is 6.92 Å². The number of rotatable bonds is 2. The van der Waals surface area contributed by atoms with E-state index in [2.05, 4.69) is 4.18 Å². The van der Waals surface area contributed by atoms with Gasteiger partial charge in [-0.05, 0) is 6.92 Å². The fraction of sp³-hybridized carbons (Fsp3) is 0.500. The third-order valence-corrected chi connectivity index (χ3v) is 0.827. The summed E-state index contributed by atoms with van der Waals surface area (Å²) in [6, 6.07) is 0. The molecule has 4 heteroatoms. The van der Waals surface area contributed by atoms with Crippen LogP contribution in [-0.4, -0.2) is 14.7 Å². The summed E-state index contributed by atoms with van der Waals surface area (Å²) in [6.07, 6.45) is 3.61. The molecule has 0 aromatic rings. The van der Waals surface area contributed by atoms with Gasteiger partial charge >= 0.3 is 10.1 Å². The van der Waals surface area contributed by atoms with Crippen molar-refractivity contribution in [3.8, 4) is 0 Å². The van der Waals surface area contributed by atoms with Gasteiger partial charge in [-0.25, -0.2) is 0 Å². The van der Waals surface area contributed by atoms with E-state index in [9.17, 15) is 8.42 Å². The summed E-state index contributed by atoms with van der Waals surface area (Å²) in [4.78, 5) is 0. The first-order valence-electron chi connectivity index (χ1n) is 2.05. The Bertz CT molecular complexity index is 166. The van der Waals surface area contributed by atoms with E-state index in [1.165, 1.54) is 6.08 Å². The highest BCUT2D eigenvalue weighted by Gasteiger charge is 1.93. The maximum absolute atomic E-state index is 10.1. The Balaban J connectivity index is 3.76. The third-order valence-electron chi connectivity index (χ3n) is 0.366. The van der Waals surface area contributed by atoms with Crippen LogP contribution in [0.3, 0.4) is 0 Å². The maximum Gasteiger partial charge on any atom is 0.305 e. The van der Waals surface area contributed by atoms with Gasteiger partial charge in [0.25, 0.3) is 0 Å². The first kappa shape index (κ1) is 7.49. The molecule has 0 spiro atoms. The molecule has 3 nitrogen and oxygen atoms in total. The molecule has 0 bridgehead atoms. The Morgan fingerprint density at radius 3 is 2.12 bits per heavy atom. The quantitative estimate of drug-likeness (QED) is 0.410. The molecule has 0 N–H and O–H groups in total. The third kappa shape index (κ3) is 5.49. The highest BCUT2D eigenvalue weighted by molar-refractivity contribution is 7.86. The fourth-order valence-electron chi connectivity index (χ4n) is 0.156. The Morgan fingerprint density at radius 2 is 2.00 bits per heavy atom. The Kier molecular flexibility index (Phi) is 2.54. The van der Waals surface area contributed by atoms with E-state index < -0.39 is 10.1 Å². The monoisotopic (exact) mass is 136 g/mol. The zero-order chi connectivity index (χ0) is 6.62. The second kappa shape index (κ2) is 2.71. The maximum atomic E-state index is 10.1. The van der Waals surface area contributed by atoms with Crippen LogP contribution < -0.4 is 0 Å². The van der Waals surface area contributed by atoms with Crippen molar-refractivity contribution in [3.63, 3.8) is 0 Å². The second-order valence-corrected chi connectivity index (χ2v) is 2.87. The molecule has 0 heterocycles. The first-order chi connectivity index (χ1) is 3.56. The van der Waals surface area contributed by atoms with E-state index >= 15 is 0 Å². The summed E-state index contributed by atoms with van der Waals surface area (Å²) in [5.41, 5.74) is 0. The van der Waals surface area contributed by atoms with E-state index in [1.807, 2.05) is 0 Å². The molecule has 0 aromatic carbocycles. The minimum absolute atomic E-state index is 0.993. The van der Waals surface area contributed by atoms with Crippen molar-refractivity contribution >= 4 is 10.1 Å². The normalized spacial score (nSPS) is 12.2. The summed E-state index contributed by atoms with van der Waals surface area (Å²) in [6.45, 7) is 1.67. The summed E-state index contributed by atoms with van der Waals surface area (Å²) < 4.78 is 24.4. The lowest BCUT2D eigenvalue weighted by Gasteiger charge is -1.90. The molecule has 0 atom stereocenters. The van der Waals surface area contributed by atoms with Crippen LogP contribution >= 0.6 is 0 Å². The Labute approximate surface area is 49.1 Å². The summed E-state index contributed by atoms with van der Waals surface area (Å²) in [7, 11) is -3.27. The lowest BCUT2D eigenvalue weighted by molar-refractivity contribution is 0.449. The van der Waals surface area contributed by atoms with Crippen molar-refractivity contribution < 1.29 is 12.6 Å². The van der Waals surface area contributed by atoms with Gasteiger partial charge in [-0.2, -0.15) is 8.42 Å². The lowest BCUT2D eigenvalue weighted by Crippen LogP contribution is -1.95. The molecule has 0 unspecified atom stereocenters. The van der Waals surface area contributed by atoms with E-state index in [4.69, 9.17) is 0 Å². The molecule has 0 saturated carbocycles. The predicted molar refractivity (Wildman–Crippen MR) is 30.7 cm³/mol. The molecule has 0 aliphatic heterocycles. The van der Waals surface area contributed by atoms with Gasteiger partial charge in [0.2, 0.25) is 0 Å². The van der Waals surface area contributed by atoms with Gasteiger partial charge in [0.1, 0.15) is 6.26 Å². The number of hydrogen-bond donors (Lipinski definition) is 0. The van der Waals surface area contributed by atoms with Crippen LogP contribution in [0, 0.1) is 0 Å². The van der Waals surface area contributed by atoms with Gasteiger partial charge in [0.05, 0.1) is 6.26 Å². The molecular weight excluding hydrogens is 128 g/mol. The highest BCUT2D eigenvalue weighted by Crippen LogP contribution is 1.85. The zero-order valence-corrected chi connectivity index (χ0v) is 5.60. The van der Waals surface area contributed by atoms with Crippen molar-refractivity contribution in [2.45, 2.75) is 6.92 Å². The molecule has 0 saturated heterocycles. The van der Waals surface area contributed by atoms with E-state index in [-0.39, 0.29) is 0 Å². The van der Waals surface area contributed by atoms with Crippen LogP contribution in [0.4, 0.5) is 0 Å². The minimum Gasteiger partial charge on any atom is -0.391 e. The van der Waals surface area contributed by atoms with E-state index in [0.29, 0.717) is 0 Å². The van der Waals surface area contributed by atoms with Crippen molar-refractivity contribution in [2.24, 2.45) is 0 Å². The first-order valence-corrected chi connectivity index (χ1v) is 3.87. The summed E-state index contributed by atoms with van der Waals surface area (Å²) in [5, 5.41) is 0. The molecular formula is C4H8O3S. The van der Waals surface area contributed by atoms with Gasteiger partial charge < -0.3 is 4.18 Å². The molecule has 0 fully saturated rings. The molecule has 0 amide bonds. The molecule has 0 aliphatic rings. The van der Waals surface area contributed by atoms with Gasteiger partial charge in [-0.1, -0.05) is 6.08 Å². The van der Waals surface area contributed by atoms with E-state index in [0.717, 1.165) is 12.5 Å². The molecule has 0 aliphatic carbocycles. The highest BCUT2D eigenvalue weighted by atomic mass is 32.2. The zero-order valence-electron chi connectivity index (χ0n) is 4.79. The SMILES string of the molecule is CC=COS(C)(=O)=O. The smallest absolute Gasteiger partial charge is 0.305 e. The molecule has 48 valence electrons. The average Bonchev–Trinajstić information content (AvgIpc) is 1.59. The Morgan fingerprint density at radius 1 is 1.50 bits per heavy atom. The lowest BCUT2D eigenvalue weighted by atomic mass is 10.8. The van der Waals surface area contributed by atoms with Crippen LogP contribution in [0.2, 0.25) is 0 Å². The van der Waals surface area contributed by atoms with Crippen molar-refractivity contribution in [1.82, 2.24) is 0 Å². The van der Waals surface area contributed by atoms with Crippen molar-refractivity contribution in [3.05, 3.63) is 12.3 Å². The number of allylic oxidation sites excluding steroid dienone is 1. The molecule has 0 rings (SSSR count). The number of hydrogen-bond acceptors (Lipinski definition) is 3. The van der Waals surface area contributed by atoms with Crippen LogP contribution in [-0.2, 0) is 14.3 Å². The average molecular weight is 136 g/mol. The topological polar surface area (TPSA) is 43.4 Å². The van der Waals surface area contributed by atoms with Crippen LogP contribution in [0.15, 0.2) is 12.3 Å². The van der Waals surface area contributed by atoms with Crippen molar-refractivity contribution in [1.29, 1.82) is 0 Å². The molecule has 8 heavy (non-hydrogen) atoms. The molecule has 0 radical (unpaired) electrons.